The summed E-state index contributed by atoms with van der Waals surface area (Å²) in [4.78, 5) is 27.3. The third-order valence-electron chi connectivity index (χ3n) is 6.39. The number of carbonyl (C=O) groups excluding carboxylic acids is 2. The van der Waals surface area contributed by atoms with Gasteiger partial charge in [-0.3, -0.25) is 9.59 Å². The van der Waals surface area contributed by atoms with E-state index in [1.807, 2.05) is 54.2 Å². The predicted molar refractivity (Wildman–Crippen MR) is 149 cm³/mol. The van der Waals surface area contributed by atoms with Gasteiger partial charge in [0, 0.05) is 61.7 Å². The quantitative estimate of drug-likeness (QED) is 0.470. The molecule has 0 spiro atoms. The van der Waals surface area contributed by atoms with Crippen LogP contribution >= 0.6 is 11.8 Å². The molecule has 0 aliphatic carbocycles. The summed E-state index contributed by atoms with van der Waals surface area (Å²) < 4.78 is 11.3. The van der Waals surface area contributed by atoms with Gasteiger partial charge in [-0.25, -0.2) is 5.01 Å². The molecule has 0 saturated carbocycles. The first-order valence-electron chi connectivity index (χ1n) is 12.9. The van der Waals surface area contributed by atoms with Gasteiger partial charge in [0.05, 0.1) is 26.0 Å². The molecular formula is C28H36N4O4S. The molecule has 1 saturated heterocycles. The number of methoxy groups -OCH3 is 1. The molecule has 2 amide bonds. The van der Waals surface area contributed by atoms with E-state index in [0.717, 1.165) is 60.1 Å². The normalized spacial score (nSPS) is 16.3. The Labute approximate surface area is 223 Å². The van der Waals surface area contributed by atoms with Crippen LogP contribution in [0.4, 0.5) is 5.69 Å². The van der Waals surface area contributed by atoms with Gasteiger partial charge in [0.15, 0.2) is 11.5 Å². The summed E-state index contributed by atoms with van der Waals surface area (Å²) >= 11 is 1.97. The van der Waals surface area contributed by atoms with Gasteiger partial charge >= 0.3 is 0 Å². The van der Waals surface area contributed by atoms with Crippen LogP contribution in [0.5, 0.6) is 11.5 Å². The van der Waals surface area contributed by atoms with Crippen molar-refractivity contribution in [1.29, 1.82) is 0 Å². The lowest BCUT2D eigenvalue weighted by molar-refractivity contribution is -0.132. The maximum Gasteiger partial charge on any atom is 0.243 e. The summed E-state index contributed by atoms with van der Waals surface area (Å²) in [6.45, 7) is 5.93. The molecule has 9 heteroatoms. The lowest BCUT2D eigenvalue weighted by Gasteiger charge is -2.25. The van der Waals surface area contributed by atoms with Crippen LogP contribution in [-0.4, -0.2) is 72.3 Å². The van der Waals surface area contributed by atoms with Crippen molar-refractivity contribution in [3.05, 3.63) is 53.6 Å². The zero-order valence-electron chi connectivity index (χ0n) is 21.7. The van der Waals surface area contributed by atoms with Gasteiger partial charge in [0.1, 0.15) is 0 Å². The lowest BCUT2D eigenvalue weighted by atomic mass is 10.0. The van der Waals surface area contributed by atoms with Gasteiger partial charge in [0.2, 0.25) is 11.8 Å². The summed E-state index contributed by atoms with van der Waals surface area (Å²) in [7, 11) is 1.62. The Kier molecular flexibility index (Phi) is 9.85. The number of ether oxygens (including phenoxy) is 2. The number of nitrogens with zero attached hydrogens (tertiary/aromatic N) is 3. The maximum absolute atomic E-state index is 12.6. The molecule has 0 unspecified atom stereocenters. The second-order valence-corrected chi connectivity index (χ2v) is 10.4. The van der Waals surface area contributed by atoms with Gasteiger partial charge in [-0.1, -0.05) is 19.1 Å². The number of amides is 2. The number of hydrazone groups is 1. The van der Waals surface area contributed by atoms with Crippen LogP contribution in [0.25, 0.3) is 0 Å². The van der Waals surface area contributed by atoms with E-state index >= 15 is 0 Å². The van der Waals surface area contributed by atoms with Crippen molar-refractivity contribution in [3.63, 3.8) is 0 Å². The highest BCUT2D eigenvalue weighted by Gasteiger charge is 2.22. The SMILES string of the molecule is CCCOc1cc(C2=NN(Cc3ccc(NC(=O)CCN4CCSCC4)cc3)C(=O)CC2)ccc1OC. The highest BCUT2D eigenvalue weighted by atomic mass is 32.2. The summed E-state index contributed by atoms with van der Waals surface area (Å²) in [5, 5.41) is 9.18. The van der Waals surface area contributed by atoms with E-state index in [-0.39, 0.29) is 11.8 Å². The molecule has 2 aliphatic rings. The van der Waals surface area contributed by atoms with Gasteiger partial charge in [-0.05, 0) is 42.3 Å². The minimum atomic E-state index is -0.00629. The molecule has 1 N–H and O–H groups in total. The Bertz CT molecular complexity index is 1100. The molecule has 37 heavy (non-hydrogen) atoms. The Balaban J connectivity index is 1.36. The van der Waals surface area contributed by atoms with E-state index in [1.165, 1.54) is 5.01 Å². The van der Waals surface area contributed by atoms with Crippen molar-refractivity contribution in [2.45, 2.75) is 39.2 Å². The van der Waals surface area contributed by atoms with Crippen LogP contribution in [0.15, 0.2) is 47.6 Å². The van der Waals surface area contributed by atoms with Crippen LogP contribution in [0.3, 0.4) is 0 Å². The van der Waals surface area contributed by atoms with Crippen LogP contribution in [0, 0.1) is 0 Å². The molecule has 2 aromatic rings. The Morgan fingerprint density at radius 3 is 2.59 bits per heavy atom. The summed E-state index contributed by atoms with van der Waals surface area (Å²) in [6, 6.07) is 13.4. The third kappa shape index (κ3) is 7.72. The number of anilines is 1. The molecule has 0 aromatic heterocycles. The van der Waals surface area contributed by atoms with Crippen LogP contribution in [0.2, 0.25) is 0 Å². The fourth-order valence-electron chi connectivity index (χ4n) is 4.29. The van der Waals surface area contributed by atoms with Crippen molar-refractivity contribution in [2.75, 3.05) is 50.2 Å². The predicted octanol–water partition coefficient (Wildman–Crippen LogP) is 4.39. The number of hydrogen-bond donors (Lipinski definition) is 1. The summed E-state index contributed by atoms with van der Waals surface area (Å²) in [5.41, 5.74) is 3.48. The minimum Gasteiger partial charge on any atom is -0.493 e. The van der Waals surface area contributed by atoms with E-state index in [2.05, 4.69) is 22.2 Å². The largest absolute Gasteiger partial charge is 0.493 e. The monoisotopic (exact) mass is 524 g/mol. The highest BCUT2D eigenvalue weighted by molar-refractivity contribution is 7.99. The third-order valence-corrected chi connectivity index (χ3v) is 7.33. The first-order valence-corrected chi connectivity index (χ1v) is 14.1. The molecule has 0 atom stereocenters. The number of rotatable bonds is 11. The van der Waals surface area contributed by atoms with Crippen molar-refractivity contribution in [3.8, 4) is 11.5 Å². The van der Waals surface area contributed by atoms with Crippen molar-refractivity contribution >= 4 is 35.0 Å². The fraction of sp³-hybridized carbons (Fsp3) is 0.464. The first kappa shape index (κ1) is 27.0. The average Bonchev–Trinajstić information content (AvgIpc) is 2.93. The van der Waals surface area contributed by atoms with E-state index < -0.39 is 0 Å². The molecule has 4 rings (SSSR count). The van der Waals surface area contributed by atoms with Crippen molar-refractivity contribution in [2.24, 2.45) is 5.10 Å². The number of nitrogens with one attached hydrogen (secondary N) is 1. The second kappa shape index (κ2) is 13.5. The van der Waals surface area contributed by atoms with Gasteiger partial charge in [0.25, 0.3) is 0 Å². The summed E-state index contributed by atoms with van der Waals surface area (Å²) in [6.07, 6.45) is 2.37. The van der Waals surface area contributed by atoms with E-state index in [9.17, 15) is 9.59 Å². The zero-order chi connectivity index (χ0) is 26.0. The molecule has 1 fully saturated rings. The molecular weight excluding hydrogens is 488 g/mol. The first-order chi connectivity index (χ1) is 18.1. The fourth-order valence-corrected chi connectivity index (χ4v) is 5.27. The van der Waals surface area contributed by atoms with E-state index in [0.29, 0.717) is 43.9 Å². The zero-order valence-corrected chi connectivity index (χ0v) is 22.5. The van der Waals surface area contributed by atoms with Crippen LogP contribution in [-0.2, 0) is 16.1 Å². The van der Waals surface area contributed by atoms with Gasteiger partial charge < -0.3 is 19.7 Å². The number of benzene rings is 2. The highest BCUT2D eigenvalue weighted by Crippen LogP contribution is 2.30. The van der Waals surface area contributed by atoms with Gasteiger partial charge in [-0.15, -0.1) is 0 Å². The lowest BCUT2D eigenvalue weighted by Crippen LogP contribution is -2.34. The number of carbonyl (C=O) groups is 2. The molecule has 2 aliphatic heterocycles. The number of thioether (sulfide) groups is 1. The Hall–Kier alpha value is -3.04. The molecule has 0 bridgehead atoms. The molecule has 0 radical (unpaired) electrons. The Morgan fingerprint density at radius 1 is 1.08 bits per heavy atom. The van der Waals surface area contributed by atoms with E-state index in [4.69, 9.17) is 9.47 Å². The minimum absolute atomic E-state index is 0.00629. The average molecular weight is 525 g/mol. The summed E-state index contributed by atoms with van der Waals surface area (Å²) in [5.74, 6) is 3.66. The molecule has 8 nitrogen and oxygen atoms in total. The van der Waals surface area contributed by atoms with Crippen molar-refractivity contribution < 1.29 is 19.1 Å². The topological polar surface area (TPSA) is 83.5 Å². The van der Waals surface area contributed by atoms with Crippen LogP contribution in [0.1, 0.15) is 43.7 Å². The molecule has 2 aromatic carbocycles. The number of hydrogen-bond acceptors (Lipinski definition) is 7. The van der Waals surface area contributed by atoms with Crippen LogP contribution < -0.4 is 14.8 Å². The van der Waals surface area contributed by atoms with Gasteiger partial charge in [-0.2, -0.15) is 16.9 Å². The van der Waals surface area contributed by atoms with E-state index in [1.54, 1.807) is 7.11 Å². The maximum atomic E-state index is 12.6. The molecule has 2 heterocycles. The standard InChI is InChI=1S/C28H36N4O4S/c1-3-16-36-26-19-22(6-10-25(26)35-2)24-9-11-28(34)32(30-24)20-21-4-7-23(8-5-21)29-27(33)12-13-31-14-17-37-18-15-31/h4-8,10,19H,3,9,11-18,20H2,1-2H3,(H,29,33). The van der Waals surface area contributed by atoms with Crippen molar-refractivity contribution in [1.82, 2.24) is 9.91 Å². The Morgan fingerprint density at radius 2 is 1.86 bits per heavy atom. The molecule has 198 valence electrons. The second-order valence-electron chi connectivity index (χ2n) is 9.16. The smallest absolute Gasteiger partial charge is 0.243 e.